The maximum atomic E-state index is 13.4. The first-order valence-electron chi connectivity index (χ1n) is 19.9. The number of hydrogen-bond donors (Lipinski definition) is 3. The number of phenols is 1. The number of hydrogen-bond acceptors (Lipinski definition) is 12. The summed E-state index contributed by atoms with van der Waals surface area (Å²) in [7, 11) is 0. The highest BCUT2D eigenvalue weighted by Crippen LogP contribution is 2.37. The van der Waals surface area contributed by atoms with Crippen LogP contribution in [0.2, 0.25) is 0 Å². The Morgan fingerprint density at radius 1 is 0.800 bits per heavy atom. The molecule has 3 N–H and O–H groups in total. The normalized spacial score (nSPS) is 26.4. The van der Waals surface area contributed by atoms with Crippen molar-refractivity contribution in [2.24, 2.45) is 17.8 Å². The molecule has 3 aromatic rings. The minimum atomic E-state index is -0.954. The molecule has 55 heavy (non-hydrogen) atoms. The summed E-state index contributed by atoms with van der Waals surface area (Å²) in [4.78, 5) is 61.7. The molecule has 9 rings (SSSR count). The van der Waals surface area contributed by atoms with Crippen LogP contribution in [0.5, 0.6) is 5.75 Å². The van der Waals surface area contributed by atoms with Crippen LogP contribution in [0.25, 0.3) is 11.3 Å². The molecule has 6 aliphatic rings. The highest BCUT2D eigenvalue weighted by Gasteiger charge is 2.45. The van der Waals surface area contributed by atoms with Gasteiger partial charge in [-0.05, 0) is 86.4 Å². The van der Waals surface area contributed by atoms with Crippen LogP contribution in [0.4, 0.5) is 17.2 Å². The fraction of sp³-hybridized carbons (Fsp3) is 0.512. The number of para-hydroxylation sites is 1. The lowest BCUT2D eigenvalue weighted by Crippen LogP contribution is -2.59. The lowest BCUT2D eigenvalue weighted by atomic mass is 9.85. The first-order valence-corrected chi connectivity index (χ1v) is 19.9. The zero-order valence-corrected chi connectivity index (χ0v) is 31.3. The Morgan fingerprint density at radius 2 is 1.60 bits per heavy atom. The standard InChI is InChI=1S/C41H49N9O5/c1-25-21-46(13-12-27(25)23-47-16-17-49-29(24-47)20-42-38-35(49)19-33(44-45-38)31-4-2-3-5-36(31)51)22-26-10-14-48(15-11-26)28-6-7-30-32(18-28)41(55)50(40(30)54)34-8-9-37(52)43-39(34)53/h2-7,18-19,25-27,29,34,51H,8-17,20-24H2,1H3,(H,42,45)(H,43,52,53)/t25?,27?,29-,34?/m0/s1. The second-order valence-electron chi connectivity index (χ2n) is 16.4. The molecule has 4 fully saturated rings. The van der Waals surface area contributed by atoms with Crippen molar-refractivity contribution in [1.29, 1.82) is 0 Å². The van der Waals surface area contributed by atoms with Gasteiger partial charge in [-0.3, -0.25) is 34.3 Å². The SMILES string of the molecule is CC1CN(CC2CCN(c3ccc4c(c3)C(=O)N(C3CCC(=O)NC3=O)C4=O)CC2)CCC1CN1CCN2c3cc(-c4ccccc4O)nnc3NC[C@H]2C1. The molecular formula is C41H49N9O5. The number of nitrogens with zero attached hydrogens (tertiary/aromatic N) is 7. The Labute approximate surface area is 320 Å². The molecule has 3 unspecified atom stereocenters. The smallest absolute Gasteiger partial charge is 0.262 e. The second kappa shape index (κ2) is 14.5. The molecular weight excluding hydrogens is 699 g/mol. The van der Waals surface area contributed by atoms with E-state index in [1.165, 1.54) is 6.42 Å². The Bertz CT molecular complexity index is 2020. The lowest BCUT2D eigenvalue weighted by molar-refractivity contribution is -0.136. The van der Waals surface area contributed by atoms with Gasteiger partial charge in [-0.2, -0.15) is 0 Å². The van der Waals surface area contributed by atoms with E-state index in [9.17, 15) is 24.3 Å². The number of imide groups is 2. The molecule has 0 radical (unpaired) electrons. The molecule has 4 atom stereocenters. The summed E-state index contributed by atoms with van der Waals surface area (Å²) in [5.74, 6) is 1.04. The number of rotatable bonds is 7. The number of benzene rings is 2. The quantitative estimate of drug-likeness (QED) is 0.305. The number of fused-ring (bicyclic) bond motifs is 4. The number of likely N-dealkylation sites (tertiary alicyclic amines) is 1. The molecule has 2 aromatic carbocycles. The van der Waals surface area contributed by atoms with Crippen molar-refractivity contribution >= 4 is 40.8 Å². The summed E-state index contributed by atoms with van der Waals surface area (Å²) < 4.78 is 0. The minimum Gasteiger partial charge on any atom is -0.507 e. The van der Waals surface area contributed by atoms with E-state index in [0.29, 0.717) is 46.2 Å². The summed E-state index contributed by atoms with van der Waals surface area (Å²) in [6, 6.07) is 14.2. The number of nitrogens with one attached hydrogen (secondary N) is 2. The third kappa shape index (κ3) is 6.79. The maximum absolute atomic E-state index is 13.4. The van der Waals surface area contributed by atoms with Gasteiger partial charge in [0.05, 0.1) is 28.6 Å². The van der Waals surface area contributed by atoms with E-state index in [-0.39, 0.29) is 24.5 Å². The van der Waals surface area contributed by atoms with E-state index in [1.54, 1.807) is 18.2 Å². The average Bonchev–Trinajstić information content (AvgIpc) is 3.44. The van der Waals surface area contributed by atoms with E-state index in [2.05, 4.69) is 53.4 Å². The molecule has 7 heterocycles. The van der Waals surface area contributed by atoms with Crippen LogP contribution in [-0.4, -0.2) is 131 Å². The van der Waals surface area contributed by atoms with E-state index in [1.807, 2.05) is 24.3 Å². The second-order valence-corrected chi connectivity index (χ2v) is 16.4. The topological polar surface area (TPSA) is 155 Å². The first-order chi connectivity index (χ1) is 26.7. The number of carbonyl (C=O) groups excluding carboxylic acids is 4. The Morgan fingerprint density at radius 3 is 2.40 bits per heavy atom. The van der Waals surface area contributed by atoms with Gasteiger partial charge in [0.25, 0.3) is 11.8 Å². The predicted molar refractivity (Wildman–Crippen MR) is 207 cm³/mol. The van der Waals surface area contributed by atoms with Gasteiger partial charge in [-0.15, -0.1) is 10.2 Å². The molecule has 4 amide bonds. The third-order valence-electron chi connectivity index (χ3n) is 12.9. The molecule has 4 saturated heterocycles. The van der Waals surface area contributed by atoms with Crippen molar-refractivity contribution in [3.8, 4) is 17.0 Å². The number of phenolic OH excluding ortho intramolecular Hbond substituents is 1. The zero-order valence-electron chi connectivity index (χ0n) is 31.3. The minimum absolute atomic E-state index is 0.107. The van der Waals surface area contributed by atoms with Crippen LogP contribution in [0.15, 0.2) is 48.5 Å². The van der Waals surface area contributed by atoms with Crippen molar-refractivity contribution in [3.05, 3.63) is 59.7 Å². The van der Waals surface area contributed by atoms with Gasteiger partial charge in [0.15, 0.2) is 5.82 Å². The molecule has 0 saturated carbocycles. The number of aromatic nitrogens is 2. The molecule has 6 aliphatic heterocycles. The van der Waals surface area contributed by atoms with Crippen molar-refractivity contribution in [1.82, 2.24) is 30.2 Å². The van der Waals surface area contributed by atoms with Crippen molar-refractivity contribution < 1.29 is 24.3 Å². The van der Waals surface area contributed by atoms with Crippen LogP contribution in [-0.2, 0) is 9.59 Å². The largest absolute Gasteiger partial charge is 0.507 e. The summed E-state index contributed by atoms with van der Waals surface area (Å²) in [5, 5.41) is 25.0. The average molecular weight is 748 g/mol. The lowest BCUT2D eigenvalue weighted by Gasteiger charge is -2.47. The van der Waals surface area contributed by atoms with Crippen molar-refractivity contribution in [2.75, 3.05) is 80.6 Å². The molecule has 14 heteroatoms. The van der Waals surface area contributed by atoms with Crippen molar-refractivity contribution in [3.63, 3.8) is 0 Å². The fourth-order valence-corrected chi connectivity index (χ4v) is 9.78. The van der Waals surface area contributed by atoms with E-state index in [0.717, 1.165) is 100 Å². The molecule has 14 nitrogen and oxygen atoms in total. The van der Waals surface area contributed by atoms with E-state index >= 15 is 0 Å². The Kier molecular flexibility index (Phi) is 9.41. The van der Waals surface area contributed by atoms with Gasteiger partial charge in [-0.1, -0.05) is 19.1 Å². The number of anilines is 3. The van der Waals surface area contributed by atoms with Crippen LogP contribution >= 0.6 is 0 Å². The summed E-state index contributed by atoms with van der Waals surface area (Å²) >= 11 is 0. The summed E-state index contributed by atoms with van der Waals surface area (Å²) in [6.07, 6.45) is 3.62. The number of carbonyl (C=O) groups is 4. The molecule has 0 spiro atoms. The van der Waals surface area contributed by atoms with Crippen LogP contribution < -0.4 is 20.4 Å². The van der Waals surface area contributed by atoms with E-state index < -0.39 is 23.8 Å². The summed E-state index contributed by atoms with van der Waals surface area (Å²) in [5.41, 5.74) is 4.03. The van der Waals surface area contributed by atoms with Gasteiger partial charge < -0.3 is 25.1 Å². The molecule has 1 aromatic heterocycles. The van der Waals surface area contributed by atoms with Crippen LogP contribution in [0.1, 0.15) is 59.7 Å². The van der Waals surface area contributed by atoms with Crippen LogP contribution in [0, 0.1) is 17.8 Å². The Hall–Kier alpha value is -5.08. The highest BCUT2D eigenvalue weighted by molar-refractivity contribution is 6.23. The Balaban J connectivity index is 0.745. The zero-order chi connectivity index (χ0) is 37.8. The number of aromatic hydroxyl groups is 1. The third-order valence-corrected chi connectivity index (χ3v) is 12.9. The number of amides is 4. The highest BCUT2D eigenvalue weighted by atomic mass is 16.3. The van der Waals surface area contributed by atoms with E-state index in [4.69, 9.17) is 0 Å². The first kappa shape index (κ1) is 35.6. The predicted octanol–water partition coefficient (Wildman–Crippen LogP) is 3.04. The monoisotopic (exact) mass is 747 g/mol. The van der Waals surface area contributed by atoms with Crippen molar-refractivity contribution in [2.45, 2.75) is 51.1 Å². The van der Waals surface area contributed by atoms with Gasteiger partial charge in [0.2, 0.25) is 11.8 Å². The van der Waals surface area contributed by atoms with Gasteiger partial charge in [0, 0.05) is 76.6 Å². The molecule has 288 valence electrons. The van der Waals surface area contributed by atoms with Gasteiger partial charge in [0.1, 0.15) is 11.8 Å². The summed E-state index contributed by atoms with van der Waals surface area (Å²) in [6.45, 7) is 12.5. The fourth-order valence-electron chi connectivity index (χ4n) is 9.78. The van der Waals surface area contributed by atoms with Gasteiger partial charge in [-0.25, -0.2) is 0 Å². The molecule has 0 aliphatic carbocycles. The van der Waals surface area contributed by atoms with Crippen LogP contribution in [0.3, 0.4) is 0 Å². The van der Waals surface area contributed by atoms with Gasteiger partial charge >= 0.3 is 0 Å². The maximum Gasteiger partial charge on any atom is 0.262 e. The molecule has 0 bridgehead atoms. The number of piperidine rings is 3. The number of piperazine rings is 1.